The molecule has 0 aliphatic carbocycles. The Hall–Kier alpha value is -3.45. The Labute approximate surface area is 184 Å². The summed E-state index contributed by atoms with van der Waals surface area (Å²) in [7, 11) is 1.61. The number of aryl methyl sites for hydroxylation is 1. The molecular weight excluding hydrogens is 410 g/mol. The molecular formula is C24H23N3O3S. The van der Waals surface area contributed by atoms with Gasteiger partial charge in [-0.3, -0.25) is 14.2 Å². The van der Waals surface area contributed by atoms with Crippen LogP contribution in [-0.4, -0.2) is 22.6 Å². The van der Waals surface area contributed by atoms with Gasteiger partial charge in [-0.2, -0.15) is 0 Å². The van der Waals surface area contributed by atoms with Crippen molar-refractivity contribution >= 4 is 33.1 Å². The number of hydrogen-bond acceptors (Lipinski definition) is 5. The summed E-state index contributed by atoms with van der Waals surface area (Å²) in [6.07, 6.45) is 1.45. The summed E-state index contributed by atoms with van der Waals surface area (Å²) in [5.74, 6) is 0.480. The molecule has 4 aromatic rings. The molecule has 1 amide bonds. The molecule has 0 aliphatic heterocycles. The first-order chi connectivity index (χ1) is 14.9. The van der Waals surface area contributed by atoms with E-state index in [4.69, 9.17) is 4.74 Å². The average molecular weight is 434 g/mol. The summed E-state index contributed by atoms with van der Waals surface area (Å²) >= 11 is 1.41. The lowest BCUT2D eigenvalue weighted by molar-refractivity contribution is -0.118. The topological polar surface area (TPSA) is 73.2 Å². The number of amides is 1. The second-order valence-corrected chi connectivity index (χ2v) is 8.29. The molecule has 0 bridgehead atoms. The fourth-order valence-corrected chi connectivity index (χ4v) is 4.36. The van der Waals surface area contributed by atoms with Gasteiger partial charge in [0, 0.05) is 16.6 Å². The number of fused-ring (bicyclic) bond motifs is 1. The van der Waals surface area contributed by atoms with Crippen LogP contribution < -0.4 is 15.6 Å². The molecule has 1 unspecified atom stereocenters. The standard InChI is InChI=1S/C24H23N3O3S/c1-14-6-5-7-20(15(14)2)26-22(28)16(3)27-13-25-23-21(24(27)29)19(12-31-23)17-8-10-18(30-4)11-9-17/h5-13,16H,1-4H3,(H,26,28). The van der Waals surface area contributed by atoms with E-state index in [1.165, 1.54) is 22.2 Å². The molecule has 6 nitrogen and oxygen atoms in total. The van der Waals surface area contributed by atoms with Gasteiger partial charge in [0.1, 0.15) is 16.6 Å². The number of aromatic nitrogens is 2. The Bertz CT molecular complexity index is 1320. The number of benzene rings is 2. The molecule has 4 rings (SSSR count). The number of rotatable bonds is 5. The van der Waals surface area contributed by atoms with E-state index in [-0.39, 0.29) is 11.5 Å². The fourth-order valence-electron chi connectivity index (χ4n) is 3.45. The lowest BCUT2D eigenvalue weighted by Gasteiger charge is -2.17. The summed E-state index contributed by atoms with van der Waals surface area (Å²) in [4.78, 5) is 31.4. The van der Waals surface area contributed by atoms with Crippen molar-refractivity contribution in [2.75, 3.05) is 12.4 Å². The van der Waals surface area contributed by atoms with Crippen molar-refractivity contribution in [3.05, 3.63) is 75.7 Å². The zero-order chi connectivity index (χ0) is 22.1. The Kier molecular flexibility index (Phi) is 5.61. The summed E-state index contributed by atoms with van der Waals surface area (Å²) < 4.78 is 6.61. The molecule has 2 aromatic heterocycles. The van der Waals surface area contributed by atoms with Crippen LogP contribution in [0.15, 0.2) is 59.0 Å². The van der Waals surface area contributed by atoms with Gasteiger partial charge in [0.15, 0.2) is 0 Å². The van der Waals surface area contributed by atoms with Crippen LogP contribution >= 0.6 is 11.3 Å². The van der Waals surface area contributed by atoms with Gasteiger partial charge in [0.05, 0.1) is 18.8 Å². The van der Waals surface area contributed by atoms with Crippen LogP contribution in [0.25, 0.3) is 21.3 Å². The number of methoxy groups -OCH3 is 1. The van der Waals surface area contributed by atoms with Crippen molar-refractivity contribution < 1.29 is 9.53 Å². The Morgan fingerprint density at radius 2 is 1.90 bits per heavy atom. The number of carbonyl (C=O) groups is 1. The molecule has 0 saturated carbocycles. The maximum absolute atomic E-state index is 13.4. The van der Waals surface area contributed by atoms with Crippen LogP contribution in [0.1, 0.15) is 24.1 Å². The number of nitrogens with one attached hydrogen (secondary N) is 1. The quantitative estimate of drug-likeness (QED) is 0.483. The van der Waals surface area contributed by atoms with E-state index in [0.717, 1.165) is 33.7 Å². The number of anilines is 1. The second kappa shape index (κ2) is 8.35. The maximum atomic E-state index is 13.4. The van der Waals surface area contributed by atoms with Crippen molar-refractivity contribution in [3.8, 4) is 16.9 Å². The van der Waals surface area contributed by atoms with Gasteiger partial charge in [-0.25, -0.2) is 4.98 Å². The minimum Gasteiger partial charge on any atom is -0.497 e. The Morgan fingerprint density at radius 3 is 2.61 bits per heavy atom. The number of thiophene rings is 1. The van der Waals surface area contributed by atoms with Gasteiger partial charge in [-0.15, -0.1) is 11.3 Å². The van der Waals surface area contributed by atoms with Gasteiger partial charge >= 0.3 is 0 Å². The SMILES string of the molecule is COc1ccc(-c2csc3ncn(C(C)C(=O)Nc4cccc(C)c4C)c(=O)c23)cc1. The summed E-state index contributed by atoms with van der Waals surface area (Å²) in [6, 6.07) is 12.6. The Morgan fingerprint density at radius 1 is 1.16 bits per heavy atom. The smallest absolute Gasteiger partial charge is 0.263 e. The van der Waals surface area contributed by atoms with Crippen LogP contribution in [0.3, 0.4) is 0 Å². The average Bonchev–Trinajstić information content (AvgIpc) is 3.22. The predicted molar refractivity (Wildman–Crippen MR) is 125 cm³/mol. The van der Waals surface area contributed by atoms with Gasteiger partial charge < -0.3 is 10.1 Å². The van der Waals surface area contributed by atoms with Crippen molar-refractivity contribution in [1.82, 2.24) is 9.55 Å². The second-order valence-electron chi connectivity index (χ2n) is 7.43. The van der Waals surface area contributed by atoms with E-state index in [0.29, 0.717) is 10.2 Å². The van der Waals surface area contributed by atoms with Crippen LogP contribution in [0.4, 0.5) is 5.69 Å². The van der Waals surface area contributed by atoms with E-state index in [9.17, 15) is 9.59 Å². The van der Waals surface area contributed by atoms with Crippen LogP contribution in [0, 0.1) is 13.8 Å². The number of carbonyl (C=O) groups excluding carboxylic acids is 1. The first-order valence-electron chi connectivity index (χ1n) is 9.90. The third kappa shape index (κ3) is 3.84. The van der Waals surface area contributed by atoms with E-state index >= 15 is 0 Å². The van der Waals surface area contributed by atoms with E-state index in [1.807, 2.05) is 61.7 Å². The Balaban J connectivity index is 1.70. The minimum absolute atomic E-state index is 0.235. The summed E-state index contributed by atoms with van der Waals surface area (Å²) in [6.45, 7) is 5.66. The fraction of sp³-hybridized carbons (Fsp3) is 0.208. The van der Waals surface area contributed by atoms with E-state index in [2.05, 4.69) is 10.3 Å². The lowest BCUT2D eigenvalue weighted by Crippen LogP contribution is -2.32. The molecule has 0 saturated heterocycles. The third-order valence-electron chi connectivity index (χ3n) is 5.58. The highest BCUT2D eigenvalue weighted by Gasteiger charge is 2.21. The molecule has 0 radical (unpaired) electrons. The first-order valence-corrected chi connectivity index (χ1v) is 10.8. The number of nitrogens with zero attached hydrogens (tertiary/aromatic N) is 2. The largest absolute Gasteiger partial charge is 0.497 e. The van der Waals surface area contributed by atoms with Crippen molar-refractivity contribution in [2.24, 2.45) is 0 Å². The van der Waals surface area contributed by atoms with Crippen molar-refractivity contribution in [3.63, 3.8) is 0 Å². The molecule has 31 heavy (non-hydrogen) atoms. The first kappa shape index (κ1) is 20.8. The molecule has 0 aliphatic rings. The normalized spacial score (nSPS) is 12.0. The van der Waals surface area contributed by atoms with Gasteiger partial charge in [-0.05, 0) is 55.7 Å². The molecule has 7 heteroatoms. The van der Waals surface area contributed by atoms with Gasteiger partial charge in [-0.1, -0.05) is 24.3 Å². The van der Waals surface area contributed by atoms with Crippen molar-refractivity contribution in [2.45, 2.75) is 26.8 Å². The monoisotopic (exact) mass is 433 g/mol. The van der Waals surface area contributed by atoms with Gasteiger partial charge in [0.2, 0.25) is 5.91 Å². The molecule has 0 spiro atoms. The molecule has 0 fully saturated rings. The molecule has 1 N–H and O–H groups in total. The zero-order valence-electron chi connectivity index (χ0n) is 17.8. The zero-order valence-corrected chi connectivity index (χ0v) is 18.6. The highest BCUT2D eigenvalue weighted by molar-refractivity contribution is 7.17. The molecule has 2 heterocycles. The molecule has 2 aromatic carbocycles. The van der Waals surface area contributed by atoms with Crippen LogP contribution in [-0.2, 0) is 4.79 Å². The highest BCUT2D eigenvalue weighted by Crippen LogP contribution is 2.32. The molecule has 158 valence electrons. The third-order valence-corrected chi connectivity index (χ3v) is 6.47. The van der Waals surface area contributed by atoms with E-state index in [1.54, 1.807) is 14.0 Å². The van der Waals surface area contributed by atoms with Crippen molar-refractivity contribution in [1.29, 1.82) is 0 Å². The predicted octanol–water partition coefficient (Wildman–Crippen LogP) is 4.95. The van der Waals surface area contributed by atoms with E-state index < -0.39 is 6.04 Å². The lowest BCUT2D eigenvalue weighted by atomic mass is 10.1. The van der Waals surface area contributed by atoms with Crippen LogP contribution in [0.5, 0.6) is 5.75 Å². The number of hydrogen-bond donors (Lipinski definition) is 1. The highest BCUT2D eigenvalue weighted by atomic mass is 32.1. The minimum atomic E-state index is -0.715. The summed E-state index contributed by atoms with van der Waals surface area (Å²) in [5, 5.41) is 5.38. The van der Waals surface area contributed by atoms with Crippen LogP contribution in [0.2, 0.25) is 0 Å². The summed E-state index contributed by atoms with van der Waals surface area (Å²) in [5.41, 5.74) is 4.30. The van der Waals surface area contributed by atoms with Gasteiger partial charge in [0.25, 0.3) is 5.56 Å². The number of ether oxygens (including phenoxy) is 1. The molecule has 1 atom stereocenters. The maximum Gasteiger partial charge on any atom is 0.263 e.